The van der Waals surface area contributed by atoms with E-state index in [0.717, 1.165) is 0 Å². The smallest absolute Gasteiger partial charge is 0.339 e. The zero-order chi connectivity index (χ0) is 19.4. The summed E-state index contributed by atoms with van der Waals surface area (Å²) in [7, 11) is -2.47. The molecule has 6 nitrogen and oxygen atoms in total. The minimum atomic E-state index is -3.97. The topological polar surface area (TPSA) is 74.7 Å². The largest absolute Gasteiger partial charge is 0.497 e. The Labute approximate surface area is 166 Å². The van der Waals surface area contributed by atoms with E-state index in [1.54, 1.807) is 0 Å². The van der Waals surface area contributed by atoms with E-state index in [-0.39, 0.29) is 21.5 Å². The van der Waals surface area contributed by atoms with Crippen molar-refractivity contribution in [2.24, 2.45) is 0 Å². The fraction of sp³-hybridized carbons (Fsp3) is 0.0556. The molecule has 0 N–H and O–H groups in total. The number of methoxy groups -OCH3 is 1. The fourth-order valence-electron chi connectivity index (χ4n) is 2.07. The molecular weight excluding hydrogens is 413 g/mol. The van der Waals surface area contributed by atoms with Gasteiger partial charge in [-0.2, -0.15) is 8.42 Å². The Bertz CT molecular complexity index is 1040. The molecule has 27 heavy (non-hydrogen) atoms. The molecule has 0 bridgehead atoms. The lowest BCUT2D eigenvalue weighted by molar-refractivity contribution is 0.414. The first-order chi connectivity index (χ1) is 12.9. The minimum absolute atomic E-state index is 0.0146. The summed E-state index contributed by atoms with van der Waals surface area (Å²) in [4.78, 5) is 4.00. The average Bonchev–Trinajstić information content (AvgIpc) is 2.65. The number of rotatable bonds is 6. The Hall–Kier alpha value is -2.48. The van der Waals surface area contributed by atoms with Gasteiger partial charge in [-0.05, 0) is 54.6 Å². The number of nitrogens with zero attached hydrogens (tertiary/aromatic N) is 1. The molecular formula is C18H13Cl2NO5S. The average molecular weight is 426 g/mol. The van der Waals surface area contributed by atoms with E-state index >= 15 is 0 Å². The molecule has 0 aliphatic rings. The van der Waals surface area contributed by atoms with Gasteiger partial charge in [-0.25, -0.2) is 4.98 Å². The van der Waals surface area contributed by atoms with Crippen LogP contribution in [0.2, 0.25) is 10.0 Å². The van der Waals surface area contributed by atoms with E-state index in [0.29, 0.717) is 16.5 Å². The Kier molecular flexibility index (Phi) is 5.74. The first kappa shape index (κ1) is 19.3. The van der Waals surface area contributed by atoms with Crippen LogP contribution in [-0.4, -0.2) is 20.5 Å². The second-order valence-corrected chi connectivity index (χ2v) is 7.62. The van der Waals surface area contributed by atoms with Gasteiger partial charge in [-0.1, -0.05) is 23.2 Å². The third kappa shape index (κ3) is 4.82. The van der Waals surface area contributed by atoms with E-state index in [4.69, 9.17) is 36.9 Å². The lowest BCUT2D eigenvalue weighted by Gasteiger charge is -2.09. The van der Waals surface area contributed by atoms with Gasteiger partial charge >= 0.3 is 10.1 Å². The SMILES string of the molecule is COc1ccc(S(=O)(=O)Oc2ccc(Oc3ncc(Cl)cc3Cl)cc2)cc1. The van der Waals surface area contributed by atoms with Gasteiger partial charge in [-0.3, -0.25) is 0 Å². The number of benzene rings is 2. The van der Waals surface area contributed by atoms with Crippen LogP contribution in [0.3, 0.4) is 0 Å². The lowest BCUT2D eigenvalue weighted by Crippen LogP contribution is -2.09. The Morgan fingerprint density at radius 3 is 2.07 bits per heavy atom. The molecule has 1 heterocycles. The number of aromatic nitrogens is 1. The molecule has 0 aliphatic heterocycles. The minimum Gasteiger partial charge on any atom is -0.497 e. The van der Waals surface area contributed by atoms with Gasteiger partial charge in [0.2, 0.25) is 5.88 Å². The highest BCUT2D eigenvalue weighted by molar-refractivity contribution is 7.87. The number of halogens is 2. The summed E-state index contributed by atoms with van der Waals surface area (Å²) in [5, 5.41) is 0.643. The highest BCUT2D eigenvalue weighted by Crippen LogP contribution is 2.30. The second-order valence-electron chi connectivity index (χ2n) is 5.23. The highest BCUT2D eigenvalue weighted by Gasteiger charge is 2.17. The molecule has 0 aliphatic carbocycles. The van der Waals surface area contributed by atoms with Gasteiger partial charge in [0.05, 0.1) is 12.1 Å². The fourth-order valence-corrected chi connectivity index (χ4v) is 3.42. The van der Waals surface area contributed by atoms with Crippen molar-refractivity contribution in [3.05, 3.63) is 70.8 Å². The third-order valence-electron chi connectivity index (χ3n) is 3.37. The van der Waals surface area contributed by atoms with E-state index < -0.39 is 10.1 Å². The molecule has 0 saturated carbocycles. The van der Waals surface area contributed by atoms with Crippen molar-refractivity contribution in [3.8, 4) is 23.1 Å². The number of ether oxygens (including phenoxy) is 2. The van der Waals surface area contributed by atoms with Crippen LogP contribution in [0.25, 0.3) is 0 Å². The quantitative estimate of drug-likeness (QED) is 0.519. The molecule has 0 saturated heterocycles. The normalized spacial score (nSPS) is 11.1. The van der Waals surface area contributed by atoms with Gasteiger partial charge in [-0.15, -0.1) is 0 Å². The van der Waals surface area contributed by atoms with Crippen LogP contribution in [0, 0.1) is 0 Å². The number of hydrogen-bond acceptors (Lipinski definition) is 6. The predicted molar refractivity (Wildman–Crippen MR) is 102 cm³/mol. The van der Waals surface area contributed by atoms with Gasteiger partial charge < -0.3 is 13.7 Å². The maximum Gasteiger partial charge on any atom is 0.339 e. The Balaban J connectivity index is 1.72. The standard InChI is InChI=1S/C18H13Cl2NO5S/c1-24-13-6-8-16(9-7-13)27(22,23)26-15-4-2-14(3-5-15)25-18-17(20)10-12(19)11-21-18/h2-11H,1H3. The van der Waals surface area contributed by atoms with Gasteiger partial charge in [0.25, 0.3) is 0 Å². The number of hydrogen-bond donors (Lipinski definition) is 0. The van der Waals surface area contributed by atoms with Crippen LogP contribution in [0.5, 0.6) is 23.1 Å². The molecule has 0 spiro atoms. The van der Waals surface area contributed by atoms with Crippen molar-refractivity contribution in [2.45, 2.75) is 4.90 Å². The summed E-state index contributed by atoms with van der Waals surface area (Å²) in [5.74, 6) is 1.26. The van der Waals surface area contributed by atoms with Crippen molar-refractivity contribution in [2.75, 3.05) is 7.11 Å². The molecule has 140 valence electrons. The van der Waals surface area contributed by atoms with Crippen LogP contribution in [0.4, 0.5) is 0 Å². The third-order valence-corrected chi connectivity index (χ3v) is 5.11. The van der Waals surface area contributed by atoms with Gasteiger partial charge in [0.1, 0.15) is 27.2 Å². The van der Waals surface area contributed by atoms with E-state index in [2.05, 4.69) is 4.98 Å². The summed E-state index contributed by atoms with van der Waals surface area (Å²) in [5.41, 5.74) is 0. The molecule has 0 amide bonds. The van der Waals surface area contributed by atoms with Crippen LogP contribution >= 0.6 is 23.2 Å². The molecule has 0 atom stereocenters. The van der Waals surface area contributed by atoms with Crippen LogP contribution in [-0.2, 0) is 10.1 Å². The molecule has 0 radical (unpaired) electrons. The van der Waals surface area contributed by atoms with Crippen molar-refractivity contribution in [1.82, 2.24) is 4.98 Å². The molecule has 9 heteroatoms. The molecule has 3 aromatic rings. The summed E-state index contributed by atoms with van der Waals surface area (Å²) in [6.07, 6.45) is 1.40. The van der Waals surface area contributed by atoms with E-state index in [1.807, 2.05) is 0 Å². The predicted octanol–water partition coefficient (Wildman–Crippen LogP) is 4.96. The molecule has 1 aromatic heterocycles. The summed E-state index contributed by atoms with van der Waals surface area (Å²) in [6, 6.07) is 13.4. The zero-order valence-corrected chi connectivity index (χ0v) is 16.3. The van der Waals surface area contributed by atoms with Gasteiger partial charge in [0.15, 0.2) is 0 Å². The van der Waals surface area contributed by atoms with Crippen LogP contribution < -0.4 is 13.7 Å². The Morgan fingerprint density at radius 2 is 1.48 bits per heavy atom. The Morgan fingerprint density at radius 1 is 0.889 bits per heavy atom. The maximum atomic E-state index is 12.3. The summed E-state index contributed by atoms with van der Waals surface area (Å²) < 4.78 is 40.3. The van der Waals surface area contributed by atoms with Crippen LogP contribution in [0.15, 0.2) is 65.7 Å². The van der Waals surface area contributed by atoms with Crippen molar-refractivity contribution >= 4 is 33.3 Å². The lowest BCUT2D eigenvalue weighted by atomic mass is 10.3. The zero-order valence-electron chi connectivity index (χ0n) is 13.9. The van der Waals surface area contributed by atoms with Gasteiger partial charge in [0, 0.05) is 6.20 Å². The summed E-state index contributed by atoms with van der Waals surface area (Å²) >= 11 is 11.8. The van der Waals surface area contributed by atoms with E-state index in [9.17, 15) is 8.42 Å². The second kappa shape index (κ2) is 8.04. The van der Waals surface area contributed by atoms with Crippen LogP contribution in [0.1, 0.15) is 0 Å². The highest BCUT2D eigenvalue weighted by atomic mass is 35.5. The van der Waals surface area contributed by atoms with E-state index in [1.165, 1.54) is 67.9 Å². The first-order valence-electron chi connectivity index (χ1n) is 7.55. The van der Waals surface area contributed by atoms with Crippen molar-refractivity contribution in [1.29, 1.82) is 0 Å². The van der Waals surface area contributed by atoms with Crippen molar-refractivity contribution in [3.63, 3.8) is 0 Å². The molecule has 0 unspecified atom stereocenters. The monoisotopic (exact) mass is 425 g/mol. The molecule has 0 fully saturated rings. The first-order valence-corrected chi connectivity index (χ1v) is 9.71. The maximum absolute atomic E-state index is 12.3. The molecule has 3 rings (SSSR count). The number of pyridine rings is 1. The van der Waals surface area contributed by atoms with Crippen molar-refractivity contribution < 1.29 is 22.1 Å². The summed E-state index contributed by atoms with van der Waals surface area (Å²) in [6.45, 7) is 0. The molecule has 2 aromatic carbocycles.